The van der Waals surface area contributed by atoms with Crippen LogP contribution in [-0.2, 0) is 0 Å². The number of piperazine rings is 3. The first-order valence-corrected chi connectivity index (χ1v) is 9.04. The zero-order chi connectivity index (χ0) is 17.6. The van der Waals surface area contributed by atoms with Gasteiger partial charge in [0, 0.05) is 36.6 Å². The summed E-state index contributed by atoms with van der Waals surface area (Å²) in [6.07, 6.45) is 0. The van der Waals surface area contributed by atoms with Crippen molar-refractivity contribution in [1.82, 2.24) is 9.47 Å². The standard InChI is InChI=1S/C20H25FN3O/c1-15-13-17(16(2)23(15)19-6-4-3-5-18(19)21)20(25)14-24-10-7-22(8-11-24)9-12-24/h3-6,13H,7-12,14H2,1-2H3/q+1. The average Bonchev–Trinajstić information content (AvgIpc) is 2.91. The summed E-state index contributed by atoms with van der Waals surface area (Å²) in [6, 6.07) is 8.65. The molecule has 0 unspecified atom stereocenters. The maximum absolute atomic E-state index is 14.2. The van der Waals surface area contributed by atoms with Crippen molar-refractivity contribution < 1.29 is 13.7 Å². The van der Waals surface area contributed by atoms with Gasteiger partial charge in [-0.3, -0.25) is 9.69 Å². The summed E-state index contributed by atoms with van der Waals surface area (Å²) in [7, 11) is 0. The molecule has 1 aromatic carbocycles. The van der Waals surface area contributed by atoms with Crippen LogP contribution >= 0.6 is 0 Å². The molecule has 3 fully saturated rings. The van der Waals surface area contributed by atoms with Gasteiger partial charge in [0.05, 0.1) is 25.3 Å². The highest BCUT2D eigenvalue weighted by molar-refractivity contribution is 5.98. The zero-order valence-corrected chi connectivity index (χ0v) is 15.0. The van der Waals surface area contributed by atoms with E-state index in [-0.39, 0.29) is 11.6 Å². The molecule has 5 heteroatoms. The number of Topliss-reactive ketones (excluding diaryl/α,β-unsaturated/α-hetero) is 1. The van der Waals surface area contributed by atoms with E-state index in [9.17, 15) is 9.18 Å². The Morgan fingerprint density at radius 1 is 1.12 bits per heavy atom. The topological polar surface area (TPSA) is 25.2 Å². The monoisotopic (exact) mass is 342 g/mol. The number of hydrogen-bond donors (Lipinski definition) is 0. The number of para-hydroxylation sites is 1. The molecule has 0 saturated carbocycles. The van der Waals surface area contributed by atoms with Crippen molar-refractivity contribution in [2.24, 2.45) is 0 Å². The van der Waals surface area contributed by atoms with Gasteiger partial charge in [-0.15, -0.1) is 0 Å². The fraction of sp³-hybridized carbons (Fsp3) is 0.450. The highest BCUT2D eigenvalue weighted by Gasteiger charge is 2.40. The number of quaternary nitrogens is 1. The number of aryl methyl sites for hydroxylation is 1. The van der Waals surface area contributed by atoms with E-state index >= 15 is 0 Å². The van der Waals surface area contributed by atoms with Crippen LogP contribution in [0.4, 0.5) is 4.39 Å². The summed E-state index contributed by atoms with van der Waals surface area (Å²) in [6.45, 7) is 10.9. The molecule has 2 aromatic rings. The van der Waals surface area contributed by atoms with E-state index < -0.39 is 0 Å². The molecular weight excluding hydrogens is 317 g/mol. The number of carbonyl (C=O) groups is 1. The molecule has 25 heavy (non-hydrogen) atoms. The van der Waals surface area contributed by atoms with Crippen molar-refractivity contribution in [3.05, 3.63) is 53.1 Å². The Labute approximate surface area is 148 Å². The Morgan fingerprint density at radius 2 is 1.76 bits per heavy atom. The normalized spacial score (nSPS) is 25.3. The van der Waals surface area contributed by atoms with Gasteiger partial charge in [-0.25, -0.2) is 4.39 Å². The van der Waals surface area contributed by atoms with E-state index in [1.165, 1.54) is 6.07 Å². The third-order valence-electron chi connectivity index (χ3n) is 5.98. The molecule has 0 N–H and O–H groups in total. The Kier molecular flexibility index (Phi) is 4.01. The molecule has 3 aliphatic heterocycles. The SMILES string of the molecule is Cc1cc(C(=O)C[N+]23CCN(CC2)CC3)c(C)n1-c1ccccc1F. The molecule has 3 aliphatic rings. The zero-order valence-electron chi connectivity index (χ0n) is 15.0. The van der Waals surface area contributed by atoms with Crippen LogP contribution in [0.5, 0.6) is 0 Å². The van der Waals surface area contributed by atoms with E-state index in [0.29, 0.717) is 12.2 Å². The summed E-state index contributed by atoms with van der Waals surface area (Å²) < 4.78 is 17.0. The number of benzene rings is 1. The summed E-state index contributed by atoms with van der Waals surface area (Å²) in [5.41, 5.74) is 2.98. The van der Waals surface area contributed by atoms with E-state index in [2.05, 4.69) is 4.90 Å². The number of halogens is 1. The van der Waals surface area contributed by atoms with Gasteiger partial charge in [0.2, 0.25) is 5.78 Å². The third kappa shape index (κ3) is 2.81. The molecule has 0 spiro atoms. The maximum atomic E-state index is 14.2. The van der Waals surface area contributed by atoms with Crippen LogP contribution in [-0.4, -0.2) is 65.5 Å². The molecule has 4 heterocycles. The van der Waals surface area contributed by atoms with Crippen LogP contribution < -0.4 is 0 Å². The van der Waals surface area contributed by atoms with Crippen LogP contribution in [0.15, 0.2) is 30.3 Å². The second kappa shape index (κ2) is 6.07. The summed E-state index contributed by atoms with van der Waals surface area (Å²) in [4.78, 5) is 15.5. The molecule has 0 amide bonds. The maximum Gasteiger partial charge on any atom is 0.218 e. The predicted octanol–water partition coefficient (Wildman–Crippen LogP) is 2.56. The van der Waals surface area contributed by atoms with Crippen LogP contribution in [0.1, 0.15) is 21.7 Å². The molecule has 0 radical (unpaired) electrons. The van der Waals surface area contributed by atoms with Crippen molar-refractivity contribution >= 4 is 5.78 Å². The van der Waals surface area contributed by atoms with Crippen LogP contribution in [0, 0.1) is 19.7 Å². The summed E-state index contributed by atoms with van der Waals surface area (Å²) in [5.74, 6) is -0.0802. The third-order valence-corrected chi connectivity index (χ3v) is 5.98. The minimum atomic E-state index is -0.266. The lowest BCUT2D eigenvalue weighted by Crippen LogP contribution is -2.68. The first-order chi connectivity index (χ1) is 12.0. The highest BCUT2D eigenvalue weighted by Crippen LogP contribution is 2.25. The quantitative estimate of drug-likeness (QED) is 0.630. The number of nitrogens with zero attached hydrogens (tertiary/aromatic N) is 3. The Morgan fingerprint density at radius 3 is 2.40 bits per heavy atom. The second-order valence-electron chi connectivity index (χ2n) is 7.51. The van der Waals surface area contributed by atoms with Gasteiger partial charge in [0.15, 0.2) is 0 Å². The number of ketones is 1. The van der Waals surface area contributed by atoms with Crippen LogP contribution in [0.25, 0.3) is 5.69 Å². The second-order valence-corrected chi connectivity index (χ2v) is 7.51. The summed E-state index contributed by atoms with van der Waals surface area (Å²) >= 11 is 0. The van der Waals surface area contributed by atoms with E-state index in [4.69, 9.17) is 0 Å². The molecule has 4 nitrogen and oxygen atoms in total. The van der Waals surface area contributed by atoms with E-state index in [0.717, 1.165) is 60.7 Å². The smallest absolute Gasteiger partial charge is 0.218 e. The Bertz CT molecular complexity index is 805. The van der Waals surface area contributed by atoms with Crippen LogP contribution in [0.3, 0.4) is 0 Å². The van der Waals surface area contributed by atoms with Crippen molar-refractivity contribution in [2.45, 2.75) is 13.8 Å². The minimum absolute atomic E-state index is 0.186. The van der Waals surface area contributed by atoms with Crippen LogP contribution in [0.2, 0.25) is 0 Å². The molecule has 5 rings (SSSR count). The molecular formula is C20H25FN3O+. The Hall–Kier alpha value is -1.98. The average molecular weight is 342 g/mol. The minimum Gasteiger partial charge on any atom is -0.315 e. The first-order valence-electron chi connectivity index (χ1n) is 9.04. The predicted molar refractivity (Wildman–Crippen MR) is 95.7 cm³/mol. The van der Waals surface area contributed by atoms with Gasteiger partial charge in [0.25, 0.3) is 0 Å². The lowest BCUT2D eigenvalue weighted by molar-refractivity contribution is -0.933. The molecule has 2 bridgehead atoms. The van der Waals surface area contributed by atoms with Gasteiger partial charge < -0.3 is 9.05 Å². The fourth-order valence-corrected chi connectivity index (χ4v) is 4.41. The van der Waals surface area contributed by atoms with Crippen molar-refractivity contribution in [1.29, 1.82) is 0 Å². The molecule has 3 saturated heterocycles. The lowest BCUT2D eigenvalue weighted by atomic mass is 10.1. The molecule has 132 valence electrons. The first kappa shape index (κ1) is 16.5. The van der Waals surface area contributed by atoms with Gasteiger partial charge in [-0.1, -0.05) is 12.1 Å². The molecule has 0 atom stereocenters. The van der Waals surface area contributed by atoms with E-state index in [1.807, 2.05) is 30.5 Å². The van der Waals surface area contributed by atoms with Crippen molar-refractivity contribution in [3.8, 4) is 5.69 Å². The Balaban J connectivity index is 1.64. The van der Waals surface area contributed by atoms with Gasteiger partial charge in [-0.05, 0) is 32.0 Å². The molecule has 0 aliphatic carbocycles. The fourth-order valence-electron chi connectivity index (χ4n) is 4.41. The number of carbonyl (C=O) groups excluding carboxylic acids is 1. The van der Waals surface area contributed by atoms with Gasteiger partial charge in [0.1, 0.15) is 12.4 Å². The van der Waals surface area contributed by atoms with E-state index in [1.54, 1.807) is 12.1 Å². The lowest BCUT2D eigenvalue weighted by Gasteiger charge is -2.50. The number of hydrogen-bond acceptors (Lipinski definition) is 2. The highest BCUT2D eigenvalue weighted by atomic mass is 19.1. The van der Waals surface area contributed by atoms with Crippen molar-refractivity contribution in [2.75, 3.05) is 45.8 Å². The summed E-state index contributed by atoms with van der Waals surface area (Å²) in [5, 5.41) is 0. The number of aromatic nitrogens is 1. The number of rotatable bonds is 4. The van der Waals surface area contributed by atoms with Crippen molar-refractivity contribution in [3.63, 3.8) is 0 Å². The number of fused-ring (bicyclic) bond motifs is 3. The largest absolute Gasteiger partial charge is 0.315 e. The molecule has 1 aromatic heterocycles. The van der Waals surface area contributed by atoms with Gasteiger partial charge in [-0.2, -0.15) is 0 Å². The van der Waals surface area contributed by atoms with Gasteiger partial charge >= 0.3 is 0 Å².